The topological polar surface area (TPSA) is 0 Å². The van der Waals surface area contributed by atoms with Gasteiger partial charge in [-0.25, -0.2) is 0 Å². The van der Waals surface area contributed by atoms with Gasteiger partial charge in [0.2, 0.25) is 0 Å². The Bertz CT molecular complexity index is 174. The van der Waals surface area contributed by atoms with Crippen molar-refractivity contribution in [2.24, 2.45) is 0 Å². The molecule has 0 N–H and O–H groups in total. The van der Waals surface area contributed by atoms with Crippen LogP contribution in [0.2, 0.25) is 6.04 Å². The normalized spacial score (nSPS) is 9.70. The van der Waals surface area contributed by atoms with Crippen molar-refractivity contribution < 1.29 is 0 Å². The molecule has 1 aromatic carbocycles. The summed E-state index contributed by atoms with van der Waals surface area (Å²) in [5.41, 5.74) is 0. The number of benzene rings is 1. The first-order valence-electron chi connectivity index (χ1n) is 3.26. The lowest BCUT2D eigenvalue weighted by Crippen LogP contribution is -1.75. The fourth-order valence-corrected chi connectivity index (χ4v) is 1.68. The molecule has 1 rings (SSSR count). The van der Waals surface area contributed by atoms with E-state index < -0.39 is 0 Å². The fourth-order valence-electron chi connectivity index (χ4n) is 0.686. The maximum atomic E-state index is 3.43. The average Bonchev–Trinajstić information content (AvgIpc) is 2.03. The van der Waals surface area contributed by atoms with Crippen molar-refractivity contribution in [3.63, 3.8) is 0 Å². The number of rotatable bonds is 3. The summed E-state index contributed by atoms with van der Waals surface area (Å²) in [5, 5.41) is 0. The van der Waals surface area contributed by atoms with Crippen molar-refractivity contribution in [2.75, 3.05) is 5.75 Å². The molecular formula is C8H9SSi. The quantitative estimate of drug-likeness (QED) is 0.489. The van der Waals surface area contributed by atoms with Crippen molar-refractivity contribution in [1.82, 2.24) is 0 Å². The molecule has 0 saturated carbocycles. The molecular weight excluding hydrogens is 156 g/mol. The maximum Gasteiger partial charge on any atom is 0.0232 e. The molecule has 0 fully saturated rings. The van der Waals surface area contributed by atoms with E-state index in [1.807, 2.05) is 17.8 Å². The van der Waals surface area contributed by atoms with Crippen LogP contribution in [0, 0.1) is 0 Å². The van der Waals surface area contributed by atoms with Crippen LogP contribution >= 0.6 is 11.8 Å². The van der Waals surface area contributed by atoms with E-state index in [1.54, 1.807) is 0 Å². The van der Waals surface area contributed by atoms with Crippen LogP contribution in [-0.2, 0) is 0 Å². The Morgan fingerprint density at radius 2 is 1.90 bits per heavy atom. The van der Waals surface area contributed by atoms with Crippen LogP contribution in [-0.4, -0.2) is 16.0 Å². The number of thioether (sulfide) groups is 1. The third-order valence-corrected chi connectivity index (χ3v) is 2.74. The molecule has 0 aliphatic rings. The Kier molecular flexibility index (Phi) is 3.61. The first-order chi connectivity index (χ1) is 4.93. The SMILES string of the molecule is [Si]CCSc1ccccc1. The van der Waals surface area contributed by atoms with Crippen molar-refractivity contribution in [3.05, 3.63) is 30.3 Å². The standard InChI is InChI=1S/C8H9SSi/c10-7-6-9-8-4-2-1-3-5-8/h1-5H,6-7H2. The summed E-state index contributed by atoms with van der Waals surface area (Å²) in [6.07, 6.45) is 0. The lowest BCUT2D eigenvalue weighted by molar-refractivity contribution is 1.42. The van der Waals surface area contributed by atoms with Gasteiger partial charge in [-0.2, -0.15) is 0 Å². The minimum absolute atomic E-state index is 1.06. The number of hydrogen-bond donors (Lipinski definition) is 0. The molecule has 0 unspecified atom stereocenters. The molecule has 10 heavy (non-hydrogen) atoms. The molecule has 0 aliphatic carbocycles. The lowest BCUT2D eigenvalue weighted by atomic mass is 10.4. The van der Waals surface area contributed by atoms with Gasteiger partial charge < -0.3 is 0 Å². The van der Waals surface area contributed by atoms with Gasteiger partial charge in [-0.15, -0.1) is 11.8 Å². The fraction of sp³-hybridized carbons (Fsp3) is 0.250. The van der Waals surface area contributed by atoms with E-state index >= 15 is 0 Å². The molecule has 0 atom stereocenters. The first kappa shape index (κ1) is 7.89. The zero-order chi connectivity index (χ0) is 7.23. The third-order valence-electron chi connectivity index (χ3n) is 1.11. The predicted molar refractivity (Wildman–Crippen MR) is 47.7 cm³/mol. The Morgan fingerprint density at radius 3 is 2.50 bits per heavy atom. The maximum absolute atomic E-state index is 3.43. The van der Waals surface area contributed by atoms with E-state index in [0.717, 1.165) is 11.8 Å². The van der Waals surface area contributed by atoms with Gasteiger partial charge in [-0.3, -0.25) is 0 Å². The van der Waals surface area contributed by atoms with Gasteiger partial charge in [0.1, 0.15) is 0 Å². The Morgan fingerprint density at radius 1 is 1.20 bits per heavy atom. The Hall–Kier alpha value is -0.213. The highest BCUT2D eigenvalue weighted by Gasteiger charge is 1.87. The summed E-state index contributed by atoms with van der Waals surface area (Å²) in [6, 6.07) is 11.5. The molecule has 0 heterocycles. The summed E-state index contributed by atoms with van der Waals surface area (Å²) < 4.78 is 0. The molecule has 51 valence electrons. The smallest absolute Gasteiger partial charge is 0.0232 e. The molecule has 1 aromatic rings. The predicted octanol–water partition coefficient (Wildman–Crippen LogP) is 2.37. The molecule has 0 nitrogen and oxygen atoms in total. The molecule has 0 spiro atoms. The molecule has 2 heteroatoms. The molecule has 0 aliphatic heterocycles. The zero-order valence-electron chi connectivity index (χ0n) is 5.71. The molecule has 3 radical (unpaired) electrons. The minimum Gasteiger partial charge on any atom is -0.126 e. The van der Waals surface area contributed by atoms with Crippen LogP contribution in [0.15, 0.2) is 35.2 Å². The van der Waals surface area contributed by atoms with Gasteiger partial charge in [-0.05, 0) is 17.9 Å². The summed E-state index contributed by atoms with van der Waals surface area (Å²) in [5.74, 6) is 1.14. The monoisotopic (exact) mass is 165 g/mol. The van der Waals surface area contributed by atoms with Gasteiger partial charge >= 0.3 is 0 Å². The molecule has 0 saturated heterocycles. The van der Waals surface area contributed by atoms with Crippen LogP contribution in [0.3, 0.4) is 0 Å². The molecule has 0 aromatic heterocycles. The van der Waals surface area contributed by atoms with E-state index in [4.69, 9.17) is 0 Å². The second kappa shape index (κ2) is 4.58. The number of hydrogen-bond acceptors (Lipinski definition) is 1. The average molecular weight is 165 g/mol. The zero-order valence-corrected chi connectivity index (χ0v) is 7.53. The molecule has 0 amide bonds. The minimum atomic E-state index is 1.06. The van der Waals surface area contributed by atoms with E-state index in [0.29, 0.717) is 0 Å². The van der Waals surface area contributed by atoms with Crippen LogP contribution in [0.5, 0.6) is 0 Å². The van der Waals surface area contributed by atoms with E-state index in [-0.39, 0.29) is 0 Å². The summed E-state index contributed by atoms with van der Waals surface area (Å²) in [6.45, 7) is 0. The highest BCUT2D eigenvalue weighted by atomic mass is 32.2. The van der Waals surface area contributed by atoms with Crippen molar-refractivity contribution in [1.29, 1.82) is 0 Å². The van der Waals surface area contributed by atoms with Gasteiger partial charge in [0, 0.05) is 15.1 Å². The van der Waals surface area contributed by atoms with Crippen molar-refractivity contribution >= 4 is 22.0 Å². The van der Waals surface area contributed by atoms with Gasteiger partial charge in [0.15, 0.2) is 0 Å². The Balaban J connectivity index is 2.43. The van der Waals surface area contributed by atoms with Crippen LogP contribution in [0.4, 0.5) is 0 Å². The lowest BCUT2D eigenvalue weighted by Gasteiger charge is -1.96. The summed E-state index contributed by atoms with van der Waals surface area (Å²) in [7, 11) is 3.43. The summed E-state index contributed by atoms with van der Waals surface area (Å²) >= 11 is 1.87. The second-order valence-electron chi connectivity index (χ2n) is 1.91. The highest BCUT2D eigenvalue weighted by molar-refractivity contribution is 7.99. The van der Waals surface area contributed by atoms with Gasteiger partial charge in [0.25, 0.3) is 0 Å². The third kappa shape index (κ3) is 2.58. The van der Waals surface area contributed by atoms with Gasteiger partial charge in [0.05, 0.1) is 0 Å². The second-order valence-corrected chi connectivity index (χ2v) is 3.58. The van der Waals surface area contributed by atoms with Crippen molar-refractivity contribution in [3.8, 4) is 0 Å². The van der Waals surface area contributed by atoms with E-state index in [1.165, 1.54) is 4.90 Å². The van der Waals surface area contributed by atoms with E-state index in [9.17, 15) is 0 Å². The van der Waals surface area contributed by atoms with Crippen LogP contribution in [0.1, 0.15) is 0 Å². The first-order valence-corrected chi connectivity index (χ1v) is 4.95. The van der Waals surface area contributed by atoms with E-state index in [2.05, 4.69) is 34.5 Å². The largest absolute Gasteiger partial charge is 0.126 e. The summed E-state index contributed by atoms with van der Waals surface area (Å²) in [4.78, 5) is 1.35. The van der Waals surface area contributed by atoms with Crippen LogP contribution < -0.4 is 0 Å². The highest BCUT2D eigenvalue weighted by Crippen LogP contribution is 2.16. The van der Waals surface area contributed by atoms with Crippen LogP contribution in [0.25, 0.3) is 0 Å². The molecule has 0 bridgehead atoms. The Labute approximate surface area is 69.5 Å². The van der Waals surface area contributed by atoms with Gasteiger partial charge in [-0.1, -0.05) is 24.2 Å². The van der Waals surface area contributed by atoms with Crippen molar-refractivity contribution in [2.45, 2.75) is 10.9 Å².